The van der Waals surface area contributed by atoms with Gasteiger partial charge in [-0.25, -0.2) is 0 Å². The van der Waals surface area contributed by atoms with E-state index in [1.807, 2.05) is 11.6 Å². The fourth-order valence-corrected chi connectivity index (χ4v) is 3.13. The summed E-state index contributed by atoms with van der Waals surface area (Å²) >= 11 is 0. The van der Waals surface area contributed by atoms with Crippen molar-refractivity contribution in [2.45, 2.75) is 26.2 Å². The van der Waals surface area contributed by atoms with Gasteiger partial charge in [-0.2, -0.15) is 5.10 Å². The summed E-state index contributed by atoms with van der Waals surface area (Å²) in [5.41, 5.74) is 9.64. The molecule has 0 unspecified atom stereocenters. The number of nitrogens with two attached hydrogens (primary N) is 1. The van der Waals surface area contributed by atoms with Gasteiger partial charge in [0.05, 0.1) is 18.8 Å². The Kier molecular flexibility index (Phi) is 4.67. The number of amides is 2. The highest BCUT2D eigenvalue weighted by Crippen LogP contribution is 2.27. The smallest absolute Gasteiger partial charge is 0.276 e. The molecule has 0 spiro atoms. The molecule has 1 aliphatic heterocycles. The Labute approximate surface area is 162 Å². The minimum Gasteiger partial charge on any atom is -0.366 e. The van der Waals surface area contributed by atoms with E-state index in [0.717, 1.165) is 11.3 Å². The average Bonchev–Trinajstić information content (AvgIpc) is 3.12. The normalized spacial score (nSPS) is 15.7. The molecule has 7 nitrogen and oxygen atoms in total. The maximum atomic E-state index is 12.5. The number of carbonyl (C=O) groups is 2. The standard InChI is InChI=1S/C21H20N4O3/c1-13-2-4-14(5-3-13)19-11-25-17(12-28-19)10-18(24-25)21(27)23-16-8-6-15(7-9-16)20(22)26/h2-10,19H,11-12H2,1H3,(H2,22,26)(H,23,27)/t19-/m0/s1. The van der Waals surface area contributed by atoms with Crippen molar-refractivity contribution in [2.24, 2.45) is 5.73 Å². The molecule has 0 radical (unpaired) electrons. The van der Waals surface area contributed by atoms with Gasteiger partial charge in [0.25, 0.3) is 5.91 Å². The Morgan fingerprint density at radius 2 is 1.86 bits per heavy atom. The molecule has 4 rings (SSSR count). The lowest BCUT2D eigenvalue weighted by Crippen LogP contribution is -2.22. The van der Waals surface area contributed by atoms with E-state index in [1.54, 1.807) is 30.3 Å². The highest BCUT2D eigenvalue weighted by atomic mass is 16.5. The number of anilines is 1. The molecule has 1 aromatic heterocycles. The van der Waals surface area contributed by atoms with Crippen molar-refractivity contribution in [2.75, 3.05) is 5.32 Å². The second-order valence-corrected chi connectivity index (χ2v) is 6.81. The summed E-state index contributed by atoms with van der Waals surface area (Å²) in [6.45, 7) is 2.99. The largest absolute Gasteiger partial charge is 0.366 e. The molecule has 1 atom stereocenters. The van der Waals surface area contributed by atoms with Gasteiger partial charge in [-0.05, 0) is 42.8 Å². The lowest BCUT2D eigenvalue weighted by molar-refractivity contribution is -0.00119. The van der Waals surface area contributed by atoms with E-state index in [0.29, 0.717) is 30.1 Å². The first-order valence-corrected chi connectivity index (χ1v) is 8.96. The lowest BCUT2D eigenvalue weighted by Gasteiger charge is -2.24. The van der Waals surface area contributed by atoms with E-state index >= 15 is 0 Å². The first kappa shape index (κ1) is 17.9. The van der Waals surface area contributed by atoms with Crippen LogP contribution in [0.2, 0.25) is 0 Å². The van der Waals surface area contributed by atoms with Crippen LogP contribution >= 0.6 is 0 Å². The predicted molar refractivity (Wildman–Crippen MR) is 104 cm³/mol. The van der Waals surface area contributed by atoms with E-state index in [2.05, 4.69) is 34.7 Å². The molecule has 2 amide bonds. The van der Waals surface area contributed by atoms with E-state index in [9.17, 15) is 9.59 Å². The van der Waals surface area contributed by atoms with Crippen molar-refractivity contribution in [3.8, 4) is 0 Å². The molecule has 0 fully saturated rings. The van der Waals surface area contributed by atoms with Crippen LogP contribution in [-0.4, -0.2) is 21.6 Å². The molecule has 0 aliphatic carbocycles. The number of nitrogens with one attached hydrogen (secondary N) is 1. The molecule has 7 heteroatoms. The van der Waals surface area contributed by atoms with Gasteiger partial charge in [0.15, 0.2) is 5.69 Å². The molecule has 0 saturated heterocycles. The topological polar surface area (TPSA) is 99.2 Å². The number of benzene rings is 2. The van der Waals surface area contributed by atoms with Gasteiger partial charge in [0, 0.05) is 11.3 Å². The van der Waals surface area contributed by atoms with Gasteiger partial charge < -0.3 is 15.8 Å². The van der Waals surface area contributed by atoms with Crippen LogP contribution < -0.4 is 11.1 Å². The van der Waals surface area contributed by atoms with Crippen LogP contribution in [0.1, 0.15) is 43.8 Å². The number of carbonyl (C=O) groups excluding carboxylic acids is 2. The van der Waals surface area contributed by atoms with Crippen molar-refractivity contribution in [1.29, 1.82) is 0 Å². The molecule has 3 aromatic rings. The van der Waals surface area contributed by atoms with E-state index in [1.165, 1.54) is 5.56 Å². The van der Waals surface area contributed by atoms with Gasteiger partial charge in [0.2, 0.25) is 5.91 Å². The highest BCUT2D eigenvalue weighted by molar-refractivity contribution is 6.03. The summed E-state index contributed by atoms with van der Waals surface area (Å²) in [5.74, 6) is -0.830. The van der Waals surface area contributed by atoms with Gasteiger partial charge in [-0.15, -0.1) is 0 Å². The van der Waals surface area contributed by atoms with Crippen LogP contribution in [0.4, 0.5) is 5.69 Å². The second-order valence-electron chi connectivity index (χ2n) is 6.81. The Balaban J connectivity index is 1.47. The number of aromatic nitrogens is 2. The Hall–Kier alpha value is -3.45. The van der Waals surface area contributed by atoms with E-state index in [-0.39, 0.29) is 12.0 Å². The zero-order valence-electron chi connectivity index (χ0n) is 15.4. The fraction of sp³-hybridized carbons (Fsp3) is 0.190. The number of aryl methyl sites for hydroxylation is 1. The average molecular weight is 376 g/mol. The summed E-state index contributed by atoms with van der Waals surface area (Å²) in [6.07, 6.45) is -0.0924. The molecule has 3 N–H and O–H groups in total. The third-order valence-corrected chi connectivity index (χ3v) is 4.74. The molecule has 0 saturated carbocycles. The van der Waals surface area contributed by atoms with Crippen LogP contribution in [0.25, 0.3) is 0 Å². The molecule has 0 bridgehead atoms. The zero-order chi connectivity index (χ0) is 19.7. The third-order valence-electron chi connectivity index (χ3n) is 4.74. The quantitative estimate of drug-likeness (QED) is 0.731. The van der Waals surface area contributed by atoms with Crippen molar-refractivity contribution in [3.63, 3.8) is 0 Å². The SMILES string of the molecule is Cc1ccc([C@@H]2Cn3nc(C(=O)Nc4ccc(C(N)=O)cc4)cc3CO2)cc1. The fourth-order valence-electron chi connectivity index (χ4n) is 3.13. The molecule has 28 heavy (non-hydrogen) atoms. The summed E-state index contributed by atoms with van der Waals surface area (Å²) in [7, 11) is 0. The number of fused-ring (bicyclic) bond motifs is 1. The van der Waals surface area contributed by atoms with Crippen molar-refractivity contribution in [3.05, 3.63) is 82.7 Å². The lowest BCUT2D eigenvalue weighted by atomic mass is 10.1. The summed E-state index contributed by atoms with van der Waals surface area (Å²) in [4.78, 5) is 23.6. The molecular formula is C21H20N4O3. The van der Waals surface area contributed by atoms with Crippen LogP contribution in [0, 0.1) is 6.92 Å². The van der Waals surface area contributed by atoms with Crippen LogP contribution in [-0.2, 0) is 17.9 Å². The first-order valence-electron chi connectivity index (χ1n) is 8.96. The maximum Gasteiger partial charge on any atom is 0.276 e. The highest BCUT2D eigenvalue weighted by Gasteiger charge is 2.24. The Morgan fingerprint density at radius 3 is 2.54 bits per heavy atom. The van der Waals surface area contributed by atoms with E-state index in [4.69, 9.17) is 10.5 Å². The number of hydrogen-bond acceptors (Lipinski definition) is 4. The molecular weight excluding hydrogens is 356 g/mol. The molecule has 1 aliphatic rings. The number of nitrogens with zero attached hydrogens (tertiary/aromatic N) is 2. The van der Waals surface area contributed by atoms with E-state index < -0.39 is 5.91 Å². The maximum absolute atomic E-state index is 12.5. The zero-order valence-corrected chi connectivity index (χ0v) is 15.4. The summed E-state index contributed by atoms with van der Waals surface area (Å²) < 4.78 is 7.76. The monoisotopic (exact) mass is 376 g/mol. The second kappa shape index (κ2) is 7.28. The van der Waals surface area contributed by atoms with Crippen LogP contribution in [0.5, 0.6) is 0 Å². The number of hydrogen-bond donors (Lipinski definition) is 2. The predicted octanol–water partition coefficient (Wildman–Crippen LogP) is 2.81. The molecule has 2 aromatic carbocycles. The summed E-state index contributed by atoms with van der Waals surface area (Å²) in [5, 5.41) is 7.21. The van der Waals surface area contributed by atoms with Gasteiger partial charge in [-0.3, -0.25) is 14.3 Å². The van der Waals surface area contributed by atoms with Crippen LogP contribution in [0.3, 0.4) is 0 Å². The minimum absolute atomic E-state index is 0.0924. The summed E-state index contributed by atoms with van der Waals surface area (Å²) in [6, 6.07) is 16.3. The van der Waals surface area contributed by atoms with Crippen molar-refractivity contribution >= 4 is 17.5 Å². The van der Waals surface area contributed by atoms with Gasteiger partial charge >= 0.3 is 0 Å². The number of rotatable bonds is 4. The molecule has 2 heterocycles. The van der Waals surface area contributed by atoms with Gasteiger partial charge in [-0.1, -0.05) is 29.8 Å². The Bertz CT molecular complexity index is 1020. The van der Waals surface area contributed by atoms with Crippen molar-refractivity contribution in [1.82, 2.24) is 9.78 Å². The first-order chi connectivity index (χ1) is 13.5. The number of primary amides is 1. The Morgan fingerprint density at radius 1 is 1.14 bits per heavy atom. The van der Waals surface area contributed by atoms with Gasteiger partial charge in [0.1, 0.15) is 6.10 Å². The van der Waals surface area contributed by atoms with Crippen LogP contribution in [0.15, 0.2) is 54.6 Å². The van der Waals surface area contributed by atoms with Crippen molar-refractivity contribution < 1.29 is 14.3 Å². The third kappa shape index (κ3) is 3.65. The minimum atomic E-state index is -0.511. The molecule has 142 valence electrons. The number of ether oxygens (including phenoxy) is 1.